The summed E-state index contributed by atoms with van der Waals surface area (Å²) in [5, 5.41) is 0. The van der Waals surface area contributed by atoms with Gasteiger partial charge in [-0.1, -0.05) is 12.6 Å². The van der Waals surface area contributed by atoms with Gasteiger partial charge < -0.3 is 9.47 Å². The van der Waals surface area contributed by atoms with Gasteiger partial charge >= 0.3 is 12.6 Å². The topological polar surface area (TPSA) is 35.5 Å². The third-order valence-corrected chi connectivity index (χ3v) is 1.74. The SMILES string of the molecule is C=C(C)COC(=O)c1cccc(OC(F)F)c1. The Labute approximate surface area is 97.7 Å². The maximum Gasteiger partial charge on any atom is 0.387 e. The zero-order chi connectivity index (χ0) is 12.8. The Morgan fingerprint density at radius 1 is 1.47 bits per heavy atom. The molecular weight excluding hydrogens is 230 g/mol. The van der Waals surface area contributed by atoms with E-state index in [1.165, 1.54) is 24.3 Å². The van der Waals surface area contributed by atoms with E-state index in [1.54, 1.807) is 6.92 Å². The summed E-state index contributed by atoms with van der Waals surface area (Å²) in [4.78, 5) is 11.5. The van der Waals surface area contributed by atoms with Crippen LogP contribution < -0.4 is 4.74 Å². The first-order valence-electron chi connectivity index (χ1n) is 4.85. The van der Waals surface area contributed by atoms with Crippen molar-refractivity contribution in [2.75, 3.05) is 6.61 Å². The second kappa shape index (κ2) is 5.98. The standard InChI is InChI=1S/C12H12F2O3/c1-8(2)7-16-11(15)9-4-3-5-10(6-9)17-12(13)14/h3-6,12H,1,7H2,2H3. The molecule has 17 heavy (non-hydrogen) atoms. The van der Waals surface area contributed by atoms with E-state index in [4.69, 9.17) is 4.74 Å². The molecule has 0 heterocycles. The minimum absolute atomic E-state index is 0.0789. The van der Waals surface area contributed by atoms with Crippen LogP contribution in [0.3, 0.4) is 0 Å². The molecule has 0 unspecified atom stereocenters. The van der Waals surface area contributed by atoms with Crippen LogP contribution in [0.5, 0.6) is 5.75 Å². The maximum atomic E-state index is 12.0. The molecule has 0 amide bonds. The van der Waals surface area contributed by atoms with E-state index >= 15 is 0 Å². The molecule has 0 bridgehead atoms. The molecule has 1 rings (SSSR count). The molecule has 92 valence electrons. The second-order valence-electron chi connectivity index (χ2n) is 3.44. The van der Waals surface area contributed by atoms with Crippen molar-refractivity contribution in [3.8, 4) is 5.75 Å². The summed E-state index contributed by atoms with van der Waals surface area (Å²) < 4.78 is 33.0. The highest BCUT2D eigenvalue weighted by atomic mass is 19.3. The molecule has 5 heteroatoms. The number of benzene rings is 1. The van der Waals surface area contributed by atoms with Crippen LogP contribution in [-0.2, 0) is 4.74 Å². The second-order valence-corrected chi connectivity index (χ2v) is 3.44. The fourth-order valence-electron chi connectivity index (χ4n) is 1.07. The van der Waals surface area contributed by atoms with Gasteiger partial charge in [-0.15, -0.1) is 0 Å². The number of hydrogen-bond acceptors (Lipinski definition) is 3. The van der Waals surface area contributed by atoms with Gasteiger partial charge in [0.1, 0.15) is 12.4 Å². The number of esters is 1. The van der Waals surface area contributed by atoms with Crippen LogP contribution in [0.25, 0.3) is 0 Å². The number of alkyl halides is 2. The zero-order valence-electron chi connectivity index (χ0n) is 9.28. The van der Waals surface area contributed by atoms with Gasteiger partial charge in [0, 0.05) is 0 Å². The van der Waals surface area contributed by atoms with Gasteiger partial charge in [0.15, 0.2) is 0 Å². The Balaban J connectivity index is 2.70. The first-order chi connectivity index (χ1) is 7.99. The van der Waals surface area contributed by atoms with Gasteiger partial charge in [-0.3, -0.25) is 0 Å². The summed E-state index contributed by atoms with van der Waals surface area (Å²) in [6, 6.07) is 5.43. The molecule has 0 atom stereocenters. The van der Waals surface area contributed by atoms with Crippen LogP contribution in [0.1, 0.15) is 17.3 Å². The highest BCUT2D eigenvalue weighted by Crippen LogP contribution is 2.16. The third kappa shape index (κ3) is 4.63. The van der Waals surface area contributed by atoms with Gasteiger partial charge in [-0.05, 0) is 30.7 Å². The number of ether oxygens (including phenoxy) is 2. The highest BCUT2D eigenvalue weighted by Gasteiger charge is 2.10. The molecule has 0 saturated carbocycles. The van der Waals surface area contributed by atoms with E-state index in [9.17, 15) is 13.6 Å². The molecule has 3 nitrogen and oxygen atoms in total. The fraction of sp³-hybridized carbons (Fsp3) is 0.250. The molecule has 0 spiro atoms. The lowest BCUT2D eigenvalue weighted by atomic mass is 10.2. The summed E-state index contributed by atoms with van der Waals surface area (Å²) >= 11 is 0. The van der Waals surface area contributed by atoms with E-state index in [1.807, 2.05) is 0 Å². The molecule has 1 aromatic carbocycles. The smallest absolute Gasteiger partial charge is 0.387 e. The van der Waals surface area contributed by atoms with Gasteiger partial charge in [0.25, 0.3) is 0 Å². The monoisotopic (exact) mass is 242 g/mol. The summed E-state index contributed by atoms with van der Waals surface area (Å²) in [5.41, 5.74) is 0.850. The summed E-state index contributed by atoms with van der Waals surface area (Å²) in [7, 11) is 0. The number of hydrogen-bond donors (Lipinski definition) is 0. The van der Waals surface area contributed by atoms with Crippen molar-refractivity contribution in [3.05, 3.63) is 42.0 Å². The Morgan fingerprint density at radius 3 is 2.76 bits per heavy atom. The molecule has 0 aliphatic heterocycles. The lowest BCUT2D eigenvalue weighted by Gasteiger charge is -2.07. The molecule has 0 radical (unpaired) electrons. The summed E-state index contributed by atoms with van der Waals surface area (Å²) in [5.74, 6) is -0.683. The normalized spacial score (nSPS) is 10.1. The Morgan fingerprint density at radius 2 is 2.18 bits per heavy atom. The van der Waals surface area contributed by atoms with E-state index in [0.717, 1.165) is 0 Å². The van der Waals surface area contributed by atoms with E-state index < -0.39 is 12.6 Å². The predicted octanol–water partition coefficient (Wildman–Crippen LogP) is 3.02. The van der Waals surface area contributed by atoms with E-state index in [2.05, 4.69) is 11.3 Å². The first kappa shape index (κ1) is 13.2. The average Bonchev–Trinajstić information content (AvgIpc) is 2.25. The highest BCUT2D eigenvalue weighted by molar-refractivity contribution is 5.89. The van der Waals surface area contributed by atoms with Gasteiger partial charge in [-0.2, -0.15) is 8.78 Å². The van der Waals surface area contributed by atoms with Crippen molar-refractivity contribution in [2.45, 2.75) is 13.5 Å². The average molecular weight is 242 g/mol. The van der Waals surface area contributed by atoms with Crippen LogP contribution in [0.2, 0.25) is 0 Å². The van der Waals surface area contributed by atoms with Crippen LogP contribution in [0.4, 0.5) is 8.78 Å². The van der Waals surface area contributed by atoms with Crippen molar-refractivity contribution < 1.29 is 23.0 Å². The molecule has 0 aliphatic carbocycles. The minimum Gasteiger partial charge on any atom is -0.458 e. The van der Waals surface area contributed by atoms with Crippen LogP contribution in [-0.4, -0.2) is 19.2 Å². The largest absolute Gasteiger partial charge is 0.458 e. The Hall–Kier alpha value is -1.91. The minimum atomic E-state index is -2.92. The van der Waals surface area contributed by atoms with Crippen molar-refractivity contribution in [1.82, 2.24) is 0 Å². The quantitative estimate of drug-likeness (QED) is 0.588. The predicted molar refractivity (Wildman–Crippen MR) is 58.2 cm³/mol. The zero-order valence-corrected chi connectivity index (χ0v) is 9.28. The molecule has 1 aromatic rings. The molecule has 0 saturated heterocycles. The van der Waals surface area contributed by atoms with Crippen LogP contribution in [0, 0.1) is 0 Å². The van der Waals surface area contributed by atoms with Gasteiger partial charge in [-0.25, -0.2) is 4.79 Å². The maximum absolute atomic E-state index is 12.0. The molecule has 0 N–H and O–H groups in total. The molecular formula is C12H12F2O3. The Kier molecular flexibility index (Phi) is 4.63. The van der Waals surface area contributed by atoms with Gasteiger partial charge in [0.05, 0.1) is 5.56 Å². The van der Waals surface area contributed by atoms with Crippen molar-refractivity contribution in [2.24, 2.45) is 0 Å². The van der Waals surface area contributed by atoms with Crippen molar-refractivity contribution in [3.63, 3.8) is 0 Å². The van der Waals surface area contributed by atoms with Gasteiger partial charge in [0.2, 0.25) is 0 Å². The number of carbonyl (C=O) groups excluding carboxylic acids is 1. The first-order valence-corrected chi connectivity index (χ1v) is 4.85. The van der Waals surface area contributed by atoms with Crippen LogP contribution >= 0.6 is 0 Å². The third-order valence-electron chi connectivity index (χ3n) is 1.74. The summed E-state index contributed by atoms with van der Waals surface area (Å²) in [6.07, 6.45) is 0. The van der Waals surface area contributed by atoms with Crippen LogP contribution in [0.15, 0.2) is 36.4 Å². The fourth-order valence-corrected chi connectivity index (χ4v) is 1.07. The lowest BCUT2D eigenvalue weighted by molar-refractivity contribution is -0.0499. The number of rotatable bonds is 5. The Bertz CT molecular complexity index is 416. The lowest BCUT2D eigenvalue weighted by Crippen LogP contribution is -2.08. The molecule has 0 aromatic heterocycles. The van der Waals surface area contributed by atoms with Crippen molar-refractivity contribution in [1.29, 1.82) is 0 Å². The van der Waals surface area contributed by atoms with Crippen molar-refractivity contribution >= 4 is 5.97 Å². The van der Waals surface area contributed by atoms with E-state index in [0.29, 0.717) is 5.57 Å². The molecule has 0 fully saturated rings. The number of halogens is 2. The summed E-state index contributed by atoms with van der Waals surface area (Å²) in [6.45, 7) is 2.46. The number of carbonyl (C=O) groups is 1. The van der Waals surface area contributed by atoms with E-state index in [-0.39, 0.29) is 17.9 Å². The molecule has 0 aliphatic rings.